The van der Waals surface area contributed by atoms with Gasteiger partial charge in [-0.05, 0) is 46.4 Å². The van der Waals surface area contributed by atoms with Crippen LogP contribution < -0.4 is 5.73 Å². The number of aliphatic hydroxyl groups excluding tert-OH is 1. The maximum atomic E-state index is 8.94. The first-order chi connectivity index (χ1) is 10.3. The Kier molecular flexibility index (Phi) is 4.18. The van der Waals surface area contributed by atoms with Crippen LogP contribution in [0.5, 0.6) is 0 Å². The lowest BCUT2D eigenvalue weighted by atomic mass is 9.93. The highest BCUT2D eigenvalue weighted by Crippen LogP contribution is 2.29. The molecule has 0 bridgehead atoms. The molecule has 2 heteroatoms. The molecule has 3 aromatic carbocycles. The summed E-state index contributed by atoms with van der Waals surface area (Å²) in [6.07, 6.45) is 2.48. The number of hydrogen-bond donors (Lipinski definition) is 2. The summed E-state index contributed by atoms with van der Waals surface area (Å²) in [5.41, 5.74) is 7.52. The van der Waals surface area contributed by atoms with E-state index in [-0.39, 0.29) is 12.6 Å². The number of aliphatic hydroxyl groups is 1. The molecule has 3 aromatic rings. The molecule has 2 nitrogen and oxygen atoms in total. The van der Waals surface area contributed by atoms with Crippen LogP contribution >= 0.6 is 0 Å². The van der Waals surface area contributed by atoms with Crippen molar-refractivity contribution in [2.75, 3.05) is 6.61 Å². The van der Waals surface area contributed by atoms with E-state index >= 15 is 0 Å². The minimum atomic E-state index is 0.0988. The Morgan fingerprint density at radius 1 is 0.905 bits per heavy atom. The van der Waals surface area contributed by atoms with Crippen molar-refractivity contribution < 1.29 is 5.11 Å². The van der Waals surface area contributed by atoms with Crippen molar-refractivity contribution in [2.24, 2.45) is 5.73 Å². The normalized spacial score (nSPS) is 12.9. The fraction of sp³-hybridized carbons (Fsp3) is 0.263. The first-order valence-electron chi connectivity index (χ1n) is 7.55. The van der Waals surface area contributed by atoms with E-state index in [1.165, 1.54) is 27.1 Å². The number of hydrogen-bond acceptors (Lipinski definition) is 2. The zero-order valence-electron chi connectivity index (χ0n) is 12.1. The van der Waals surface area contributed by atoms with Gasteiger partial charge >= 0.3 is 0 Å². The van der Waals surface area contributed by atoms with Gasteiger partial charge in [-0.25, -0.2) is 0 Å². The summed E-state index contributed by atoms with van der Waals surface area (Å²) in [5, 5.41) is 14.1. The zero-order valence-corrected chi connectivity index (χ0v) is 12.1. The van der Waals surface area contributed by atoms with Crippen molar-refractivity contribution in [2.45, 2.75) is 25.3 Å². The SMILES string of the molecule is N[C@@H](CCCO)Cc1cc2ccccc2c2ccccc12. The molecule has 0 amide bonds. The summed E-state index contributed by atoms with van der Waals surface area (Å²) >= 11 is 0. The van der Waals surface area contributed by atoms with Crippen molar-refractivity contribution in [1.82, 2.24) is 0 Å². The molecule has 21 heavy (non-hydrogen) atoms. The highest BCUT2D eigenvalue weighted by Gasteiger charge is 2.09. The molecule has 0 radical (unpaired) electrons. The molecule has 0 saturated carbocycles. The van der Waals surface area contributed by atoms with Crippen molar-refractivity contribution in [3.63, 3.8) is 0 Å². The van der Waals surface area contributed by atoms with E-state index in [1.807, 2.05) is 0 Å². The smallest absolute Gasteiger partial charge is 0.0431 e. The minimum absolute atomic E-state index is 0.0988. The van der Waals surface area contributed by atoms with Crippen LogP contribution in [0.1, 0.15) is 18.4 Å². The number of fused-ring (bicyclic) bond motifs is 3. The van der Waals surface area contributed by atoms with Crippen LogP contribution in [0.2, 0.25) is 0 Å². The van der Waals surface area contributed by atoms with E-state index in [0.29, 0.717) is 0 Å². The van der Waals surface area contributed by atoms with Gasteiger partial charge in [0.25, 0.3) is 0 Å². The van der Waals surface area contributed by atoms with Crippen molar-refractivity contribution >= 4 is 21.5 Å². The molecule has 1 atom stereocenters. The molecule has 108 valence electrons. The molecule has 0 aromatic heterocycles. The van der Waals surface area contributed by atoms with Crippen LogP contribution in [0.25, 0.3) is 21.5 Å². The van der Waals surface area contributed by atoms with Crippen LogP contribution in [-0.4, -0.2) is 17.8 Å². The molecule has 0 heterocycles. The average Bonchev–Trinajstić information content (AvgIpc) is 2.53. The van der Waals surface area contributed by atoms with Gasteiger partial charge in [0, 0.05) is 12.6 Å². The fourth-order valence-corrected chi connectivity index (χ4v) is 3.04. The second-order valence-electron chi connectivity index (χ2n) is 5.63. The van der Waals surface area contributed by atoms with E-state index in [1.54, 1.807) is 0 Å². The third kappa shape index (κ3) is 2.92. The summed E-state index contributed by atoms with van der Waals surface area (Å²) in [6.45, 7) is 0.214. The van der Waals surface area contributed by atoms with Crippen LogP contribution in [0.15, 0.2) is 54.6 Å². The summed E-state index contributed by atoms with van der Waals surface area (Å²) < 4.78 is 0. The standard InChI is InChI=1S/C19H21NO/c20-16(7-5-11-21)13-15-12-14-6-1-2-8-17(14)19-10-4-3-9-18(15)19/h1-4,6,8-10,12,16,21H,5,7,11,13,20H2/t16-/m0/s1. The zero-order chi connectivity index (χ0) is 14.7. The van der Waals surface area contributed by atoms with Crippen LogP contribution in [0, 0.1) is 0 Å². The molecule has 3 rings (SSSR count). The molecule has 0 aliphatic heterocycles. The Bertz CT molecular complexity index is 751. The minimum Gasteiger partial charge on any atom is -0.396 e. The summed E-state index contributed by atoms with van der Waals surface area (Å²) in [4.78, 5) is 0. The predicted molar refractivity (Wildman–Crippen MR) is 89.5 cm³/mol. The van der Waals surface area contributed by atoms with Gasteiger partial charge in [0.05, 0.1) is 0 Å². The lowest BCUT2D eigenvalue weighted by Crippen LogP contribution is -2.23. The van der Waals surface area contributed by atoms with Gasteiger partial charge in [0.15, 0.2) is 0 Å². The second kappa shape index (κ2) is 6.25. The van der Waals surface area contributed by atoms with Crippen LogP contribution in [-0.2, 0) is 6.42 Å². The predicted octanol–water partition coefficient (Wildman–Crippen LogP) is 3.64. The van der Waals surface area contributed by atoms with Crippen molar-refractivity contribution in [3.05, 3.63) is 60.2 Å². The van der Waals surface area contributed by atoms with E-state index in [0.717, 1.165) is 19.3 Å². The maximum Gasteiger partial charge on any atom is 0.0431 e. The molecule has 0 aliphatic carbocycles. The largest absolute Gasteiger partial charge is 0.396 e. The van der Waals surface area contributed by atoms with Gasteiger partial charge in [-0.15, -0.1) is 0 Å². The highest BCUT2D eigenvalue weighted by molar-refractivity contribution is 6.08. The lowest BCUT2D eigenvalue weighted by Gasteiger charge is -2.15. The van der Waals surface area contributed by atoms with Gasteiger partial charge < -0.3 is 10.8 Å². The molecule has 0 saturated heterocycles. The maximum absolute atomic E-state index is 8.94. The topological polar surface area (TPSA) is 46.2 Å². The molecule has 0 spiro atoms. The van der Waals surface area contributed by atoms with Crippen molar-refractivity contribution in [1.29, 1.82) is 0 Å². The molecule has 0 unspecified atom stereocenters. The quantitative estimate of drug-likeness (QED) is 0.700. The van der Waals surface area contributed by atoms with Crippen LogP contribution in [0.3, 0.4) is 0 Å². The lowest BCUT2D eigenvalue weighted by molar-refractivity contribution is 0.279. The first-order valence-corrected chi connectivity index (χ1v) is 7.55. The Morgan fingerprint density at radius 3 is 2.33 bits per heavy atom. The molecule has 3 N–H and O–H groups in total. The van der Waals surface area contributed by atoms with Gasteiger partial charge in [0.2, 0.25) is 0 Å². The second-order valence-corrected chi connectivity index (χ2v) is 5.63. The van der Waals surface area contributed by atoms with Crippen molar-refractivity contribution in [3.8, 4) is 0 Å². The molecular formula is C19H21NO. The Morgan fingerprint density at radius 2 is 1.57 bits per heavy atom. The van der Waals surface area contributed by atoms with Gasteiger partial charge in [-0.3, -0.25) is 0 Å². The van der Waals surface area contributed by atoms with Crippen LogP contribution in [0.4, 0.5) is 0 Å². The Labute approximate surface area is 125 Å². The number of rotatable bonds is 5. The Hall–Kier alpha value is -1.90. The summed E-state index contributed by atoms with van der Waals surface area (Å²) in [6, 6.07) is 19.4. The molecule has 0 aliphatic rings. The molecule has 0 fully saturated rings. The summed E-state index contributed by atoms with van der Waals surface area (Å²) in [7, 11) is 0. The average molecular weight is 279 g/mol. The van der Waals surface area contributed by atoms with Gasteiger partial charge in [-0.2, -0.15) is 0 Å². The summed E-state index contributed by atoms with van der Waals surface area (Å²) in [5.74, 6) is 0. The third-order valence-electron chi connectivity index (χ3n) is 4.07. The number of benzene rings is 3. The first kappa shape index (κ1) is 14.1. The fourth-order valence-electron chi connectivity index (χ4n) is 3.04. The Balaban J connectivity index is 2.07. The van der Waals surface area contributed by atoms with E-state index in [4.69, 9.17) is 10.8 Å². The van der Waals surface area contributed by atoms with E-state index in [9.17, 15) is 0 Å². The third-order valence-corrected chi connectivity index (χ3v) is 4.07. The monoisotopic (exact) mass is 279 g/mol. The number of nitrogens with two attached hydrogens (primary N) is 1. The van der Waals surface area contributed by atoms with E-state index < -0.39 is 0 Å². The van der Waals surface area contributed by atoms with Gasteiger partial charge in [0.1, 0.15) is 0 Å². The van der Waals surface area contributed by atoms with Gasteiger partial charge in [-0.1, -0.05) is 54.6 Å². The van der Waals surface area contributed by atoms with E-state index in [2.05, 4.69) is 54.6 Å². The highest BCUT2D eigenvalue weighted by atomic mass is 16.2. The molecular weight excluding hydrogens is 258 g/mol.